The number of aryl methyl sites for hydroxylation is 1. The first-order chi connectivity index (χ1) is 11.7. The highest BCUT2D eigenvalue weighted by molar-refractivity contribution is 5.71. The number of methoxy groups -OCH3 is 3. The molecule has 24 heavy (non-hydrogen) atoms. The molecule has 8 heteroatoms. The van der Waals surface area contributed by atoms with Crippen LogP contribution in [0.5, 0.6) is 17.2 Å². The van der Waals surface area contributed by atoms with Gasteiger partial charge in [0.05, 0.1) is 26.9 Å². The van der Waals surface area contributed by atoms with Crippen LogP contribution in [0.3, 0.4) is 0 Å². The van der Waals surface area contributed by atoms with Crippen LogP contribution in [-0.4, -0.2) is 41.0 Å². The maximum Gasteiger partial charge on any atom is 0.246 e. The second kappa shape index (κ2) is 6.61. The lowest BCUT2D eigenvalue weighted by Crippen LogP contribution is -2.01. The standard InChI is InChI=1S/C16H18N4O4/c1-10-17-7-8-20(10)9-13-18-16(19-24-13)11-5-6-12(21-2)15(23-4)14(11)22-3/h5-8H,9H2,1-4H3. The summed E-state index contributed by atoms with van der Waals surface area (Å²) < 4.78 is 23.4. The molecule has 0 unspecified atom stereocenters. The number of rotatable bonds is 6. The van der Waals surface area contributed by atoms with Crippen molar-refractivity contribution in [1.82, 2.24) is 19.7 Å². The third kappa shape index (κ3) is 2.78. The molecule has 0 aliphatic rings. The third-order valence-corrected chi connectivity index (χ3v) is 3.64. The van der Waals surface area contributed by atoms with Gasteiger partial charge in [0, 0.05) is 12.4 Å². The van der Waals surface area contributed by atoms with Gasteiger partial charge in [-0.2, -0.15) is 4.98 Å². The van der Waals surface area contributed by atoms with E-state index in [4.69, 9.17) is 18.7 Å². The van der Waals surface area contributed by atoms with Crippen LogP contribution >= 0.6 is 0 Å². The summed E-state index contributed by atoms with van der Waals surface area (Å²) in [5, 5.41) is 4.04. The van der Waals surface area contributed by atoms with Gasteiger partial charge in [0.15, 0.2) is 11.5 Å². The van der Waals surface area contributed by atoms with E-state index in [2.05, 4.69) is 15.1 Å². The lowest BCUT2D eigenvalue weighted by molar-refractivity contribution is 0.325. The number of imidazole rings is 1. The monoisotopic (exact) mass is 330 g/mol. The molecule has 3 aromatic rings. The number of benzene rings is 1. The van der Waals surface area contributed by atoms with Crippen LogP contribution in [-0.2, 0) is 6.54 Å². The summed E-state index contributed by atoms with van der Waals surface area (Å²) in [6, 6.07) is 3.57. The van der Waals surface area contributed by atoms with E-state index in [9.17, 15) is 0 Å². The largest absolute Gasteiger partial charge is 0.493 e. The molecular weight excluding hydrogens is 312 g/mol. The average molecular weight is 330 g/mol. The van der Waals surface area contributed by atoms with Crippen molar-refractivity contribution in [1.29, 1.82) is 0 Å². The van der Waals surface area contributed by atoms with Crippen molar-refractivity contribution in [3.05, 3.63) is 36.2 Å². The first kappa shape index (κ1) is 15.9. The molecule has 2 aromatic heterocycles. The summed E-state index contributed by atoms with van der Waals surface area (Å²) in [6.07, 6.45) is 3.58. The van der Waals surface area contributed by atoms with Gasteiger partial charge in [-0.05, 0) is 19.1 Å². The smallest absolute Gasteiger partial charge is 0.246 e. The molecule has 0 N–H and O–H groups in total. The van der Waals surface area contributed by atoms with E-state index >= 15 is 0 Å². The average Bonchev–Trinajstić information content (AvgIpc) is 3.23. The summed E-state index contributed by atoms with van der Waals surface area (Å²) in [5.41, 5.74) is 0.660. The Bertz CT molecular complexity index is 840. The van der Waals surface area contributed by atoms with Gasteiger partial charge in [-0.25, -0.2) is 4.98 Å². The Labute approximate surface area is 139 Å². The molecule has 8 nitrogen and oxygen atoms in total. The molecule has 0 radical (unpaired) electrons. The Morgan fingerprint density at radius 2 is 1.88 bits per heavy atom. The zero-order valence-electron chi connectivity index (χ0n) is 13.9. The van der Waals surface area contributed by atoms with Crippen LogP contribution in [0.15, 0.2) is 29.0 Å². The van der Waals surface area contributed by atoms with Crippen molar-refractivity contribution >= 4 is 0 Å². The Hall–Kier alpha value is -3.03. The van der Waals surface area contributed by atoms with E-state index in [1.807, 2.05) is 17.7 Å². The number of hydrogen-bond acceptors (Lipinski definition) is 7. The van der Waals surface area contributed by atoms with E-state index in [0.29, 0.717) is 41.1 Å². The first-order valence-corrected chi connectivity index (χ1v) is 7.27. The SMILES string of the molecule is COc1ccc(-c2noc(Cn3ccnc3C)n2)c(OC)c1OC. The van der Waals surface area contributed by atoms with Crippen molar-refractivity contribution in [2.75, 3.05) is 21.3 Å². The molecule has 0 fully saturated rings. The van der Waals surface area contributed by atoms with Gasteiger partial charge >= 0.3 is 0 Å². The van der Waals surface area contributed by atoms with Gasteiger partial charge in [-0.15, -0.1) is 0 Å². The summed E-state index contributed by atoms with van der Waals surface area (Å²) in [6.45, 7) is 2.36. The van der Waals surface area contributed by atoms with Gasteiger partial charge in [-0.1, -0.05) is 5.16 Å². The second-order valence-electron chi connectivity index (χ2n) is 5.00. The van der Waals surface area contributed by atoms with Crippen LogP contribution in [0.1, 0.15) is 11.7 Å². The van der Waals surface area contributed by atoms with Crippen molar-refractivity contribution in [2.24, 2.45) is 0 Å². The lowest BCUT2D eigenvalue weighted by atomic mass is 10.1. The topological polar surface area (TPSA) is 84.4 Å². The molecular formula is C16H18N4O4. The van der Waals surface area contributed by atoms with E-state index < -0.39 is 0 Å². The van der Waals surface area contributed by atoms with Gasteiger partial charge in [0.1, 0.15) is 12.4 Å². The van der Waals surface area contributed by atoms with Crippen molar-refractivity contribution < 1.29 is 18.7 Å². The number of ether oxygens (including phenoxy) is 3. The molecule has 0 aliphatic heterocycles. The Morgan fingerprint density at radius 3 is 2.50 bits per heavy atom. The van der Waals surface area contributed by atoms with Gasteiger partial charge in [0.25, 0.3) is 0 Å². The third-order valence-electron chi connectivity index (χ3n) is 3.64. The minimum Gasteiger partial charge on any atom is -0.493 e. The van der Waals surface area contributed by atoms with Crippen LogP contribution in [0, 0.1) is 6.92 Å². The molecule has 0 amide bonds. The van der Waals surface area contributed by atoms with E-state index in [0.717, 1.165) is 5.82 Å². The normalized spacial score (nSPS) is 10.7. The van der Waals surface area contributed by atoms with Crippen LogP contribution in [0.25, 0.3) is 11.4 Å². The molecule has 1 aromatic carbocycles. The molecule has 126 valence electrons. The summed E-state index contributed by atoms with van der Waals surface area (Å²) in [5.74, 6) is 3.30. The van der Waals surface area contributed by atoms with Gasteiger partial charge in [0.2, 0.25) is 17.5 Å². The predicted molar refractivity (Wildman–Crippen MR) is 85.5 cm³/mol. The van der Waals surface area contributed by atoms with Crippen molar-refractivity contribution in [3.8, 4) is 28.6 Å². The zero-order chi connectivity index (χ0) is 17.1. The highest BCUT2D eigenvalue weighted by Gasteiger charge is 2.20. The quantitative estimate of drug-likeness (QED) is 0.685. The van der Waals surface area contributed by atoms with Crippen molar-refractivity contribution in [2.45, 2.75) is 13.5 Å². The molecule has 0 spiro atoms. The predicted octanol–water partition coefficient (Wildman–Crippen LogP) is 2.32. The molecule has 2 heterocycles. The van der Waals surface area contributed by atoms with Crippen LogP contribution < -0.4 is 14.2 Å². The van der Waals surface area contributed by atoms with Gasteiger partial charge < -0.3 is 23.3 Å². The van der Waals surface area contributed by atoms with Crippen LogP contribution in [0.2, 0.25) is 0 Å². The highest BCUT2D eigenvalue weighted by atomic mass is 16.5. The van der Waals surface area contributed by atoms with E-state index in [1.165, 1.54) is 0 Å². The zero-order valence-corrected chi connectivity index (χ0v) is 13.9. The van der Waals surface area contributed by atoms with Gasteiger partial charge in [-0.3, -0.25) is 0 Å². The Morgan fingerprint density at radius 1 is 1.08 bits per heavy atom. The second-order valence-corrected chi connectivity index (χ2v) is 5.00. The fourth-order valence-electron chi connectivity index (χ4n) is 2.42. The minimum absolute atomic E-state index is 0.417. The Balaban J connectivity index is 1.96. The maximum absolute atomic E-state index is 5.46. The highest BCUT2D eigenvalue weighted by Crippen LogP contribution is 2.43. The summed E-state index contributed by atoms with van der Waals surface area (Å²) in [4.78, 5) is 8.60. The first-order valence-electron chi connectivity index (χ1n) is 7.27. The molecule has 0 saturated carbocycles. The number of hydrogen-bond donors (Lipinski definition) is 0. The molecule has 0 atom stereocenters. The van der Waals surface area contributed by atoms with Crippen molar-refractivity contribution in [3.63, 3.8) is 0 Å². The summed E-state index contributed by atoms with van der Waals surface area (Å²) in [7, 11) is 4.67. The molecule has 0 aliphatic carbocycles. The fourth-order valence-corrected chi connectivity index (χ4v) is 2.42. The molecule has 3 rings (SSSR count). The molecule has 0 bridgehead atoms. The summed E-state index contributed by atoms with van der Waals surface area (Å²) >= 11 is 0. The number of aromatic nitrogens is 4. The lowest BCUT2D eigenvalue weighted by Gasteiger charge is -2.13. The number of nitrogens with zero attached hydrogens (tertiary/aromatic N) is 4. The van der Waals surface area contributed by atoms with E-state index in [-0.39, 0.29) is 0 Å². The fraction of sp³-hybridized carbons (Fsp3) is 0.312. The minimum atomic E-state index is 0.417. The Kier molecular flexibility index (Phi) is 4.37. The van der Waals surface area contributed by atoms with Crippen LogP contribution in [0.4, 0.5) is 0 Å². The van der Waals surface area contributed by atoms with E-state index in [1.54, 1.807) is 39.7 Å². The maximum atomic E-state index is 5.46. The molecule has 0 saturated heterocycles.